The van der Waals surface area contributed by atoms with Crippen LogP contribution in [-0.4, -0.2) is 30.3 Å². The second-order valence-electron chi connectivity index (χ2n) is 8.44. The smallest absolute Gasteiger partial charge is 0.338 e. The van der Waals surface area contributed by atoms with Crippen LogP contribution in [0.4, 0.5) is 11.4 Å². The number of carbonyl (C=O) groups is 4. The summed E-state index contributed by atoms with van der Waals surface area (Å²) in [7, 11) is 0. The Morgan fingerprint density at radius 2 is 1.44 bits per heavy atom. The Morgan fingerprint density at radius 3 is 2.12 bits per heavy atom. The molecule has 4 rings (SSSR count). The topological polar surface area (TPSA) is 92.8 Å². The van der Waals surface area contributed by atoms with Crippen LogP contribution in [-0.2, 0) is 9.53 Å². The van der Waals surface area contributed by atoms with Crippen molar-refractivity contribution in [1.29, 1.82) is 0 Å². The fraction of sp³-hybridized carbons (Fsp3) is 0.185. The maximum Gasteiger partial charge on any atom is 0.338 e. The number of carbonyl (C=O) groups excluding carboxylic acids is 4. The summed E-state index contributed by atoms with van der Waals surface area (Å²) < 4.78 is 5.13. The van der Waals surface area contributed by atoms with E-state index in [0.29, 0.717) is 11.4 Å². The zero-order valence-electron chi connectivity index (χ0n) is 19.4. The number of anilines is 2. The van der Waals surface area contributed by atoms with Crippen LogP contribution in [0.1, 0.15) is 53.3 Å². The minimum absolute atomic E-state index is 0.0849. The highest BCUT2D eigenvalue weighted by atomic mass is 16.5. The molecule has 34 heavy (non-hydrogen) atoms. The first-order valence-corrected chi connectivity index (χ1v) is 10.8. The van der Waals surface area contributed by atoms with Crippen molar-refractivity contribution < 1.29 is 23.9 Å². The molecular weight excluding hydrogens is 432 g/mol. The maximum absolute atomic E-state index is 13.0. The van der Waals surface area contributed by atoms with Gasteiger partial charge < -0.3 is 10.1 Å². The van der Waals surface area contributed by atoms with Crippen molar-refractivity contribution in [3.63, 3.8) is 0 Å². The highest BCUT2D eigenvalue weighted by Crippen LogP contribution is 2.31. The number of nitrogens with zero attached hydrogens (tertiary/aromatic N) is 1. The van der Waals surface area contributed by atoms with E-state index in [1.54, 1.807) is 12.1 Å². The van der Waals surface area contributed by atoms with Crippen LogP contribution in [0.25, 0.3) is 0 Å². The van der Waals surface area contributed by atoms with E-state index in [9.17, 15) is 19.2 Å². The van der Waals surface area contributed by atoms with Crippen molar-refractivity contribution in [2.45, 2.75) is 27.7 Å². The molecule has 1 heterocycles. The molecule has 0 spiro atoms. The molecule has 0 fully saturated rings. The minimum atomic E-state index is -0.760. The number of fused-ring (bicyclic) bond motifs is 1. The second-order valence-corrected chi connectivity index (χ2v) is 8.44. The van der Waals surface area contributed by atoms with E-state index < -0.39 is 30.3 Å². The van der Waals surface area contributed by atoms with Gasteiger partial charge >= 0.3 is 5.97 Å². The predicted octanol–water partition coefficient (Wildman–Crippen LogP) is 4.52. The minimum Gasteiger partial charge on any atom is -0.452 e. The first-order chi connectivity index (χ1) is 16.2. The summed E-state index contributed by atoms with van der Waals surface area (Å²) in [5.74, 6) is -2.19. The number of nitrogens with one attached hydrogen (secondary N) is 1. The molecule has 1 N–H and O–H groups in total. The van der Waals surface area contributed by atoms with Gasteiger partial charge in [0.1, 0.15) is 0 Å². The third-order valence-electron chi connectivity index (χ3n) is 5.71. The van der Waals surface area contributed by atoms with Crippen LogP contribution in [0.3, 0.4) is 0 Å². The number of hydrogen-bond donors (Lipinski definition) is 1. The number of ether oxygens (including phenoxy) is 1. The van der Waals surface area contributed by atoms with Gasteiger partial charge in [0.15, 0.2) is 6.61 Å². The van der Waals surface area contributed by atoms with Crippen molar-refractivity contribution in [3.05, 3.63) is 93.5 Å². The van der Waals surface area contributed by atoms with Gasteiger partial charge in [-0.1, -0.05) is 35.4 Å². The summed E-state index contributed by atoms with van der Waals surface area (Å²) >= 11 is 0. The number of hydrogen-bond acceptors (Lipinski definition) is 5. The van der Waals surface area contributed by atoms with Gasteiger partial charge in [-0.25, -0.2) is 9.69 Å². The van der Waals surface area contributed by atoms with Gasteiger partial charge in [0, 0.05) is 5.69 Å². The molecule has 0 unspecified atom stereocenters. The fourth-order valence-corrected chi connectivity index (χ4v) is 4.00. The quantitative estimate of drug-likeness (QED) is 0.450. The van der Waals surface area contributed by atoms with Crippen molar-refractivity contribution >= 4 is 35.1 Å². The van der Waals surface area contributed by atoms with Gasteiger partial charge in [-0.3, -0.25) is 14.4 Å². The highest BCUT2D eigenvalue weighted by Gasteiger charge is 2.37. The molecule has 3 amide bonds. The Hall–Kier alpha value is -4.26. The second kappa shape index (κ2) is 8.94. The third-order valence-corrected chi connectivity index (χ3v) is 5.71. The third kappa shape index (κ3) is 4.32. The summed E-state index contributed by atoms with van der Waals surface area (Å²) in [6, 6.07) is 15.2. The zero-order chi connectivity index (χ0) is 24.6. The maximum atomic E-state index is 13.0. The average molecular weight is 456 g/mol. The lowest BCUT2D eigenvalue weighted by Crippen LogP contribution is -2.30. The molecule has 0 saturated carbocycles. The Kier molecular flexibility index (Phi) is 6.03. The van der Waals surface area contributed by atoms with Gasteiger partial charge in [-0.15, -0.1) is 0 Å². The summed E-state index contributed by atoms with van der Waals surface area (Å²) in [6.45, 7) is 7.11. The van der Waals surface area contributed by atoms with Crippen LogP contribution in [0, 0.1) is 27.7 Å². The van der Waals surface area contributed by atoms with E-state index >= 15 is 0 Å². The van der Waals surface area contributed by atoms with Crippen LogP contribution in [0.15, 0.2) is 54.6 Å². The molecular formula is C27H24N2O5. The van der Waals surface area contributed by atoms with Gasteiger partial charge in [-0.05, 0) is 69.2 Å². The van der Waals surface area contributed by atoms with Crippen molar-refractivity contribution in [2.24, 2.45) is 0 Å². The first-order valence-electron chi connectivity index (χ1n) is 10.8. The Morgan fingerprint density at radius 1 is 0.794 bits per heavy atom. The molecule has 7 heteroatoms. The number of esters is 1. The van der Waals surface area contributed by atoms with Crippen LogP contribution < -0.4 is 10.2 Å². The normalized spacial score (nSPS) is 12.5. The van der Waals surface area contributed by atoms with Gasteiger partial charge in [-0.2, -0.15) is 0 Å². The molecule has 0 saturated heterocycles. The molecule has 7 nitrogen and oxygen atoms in total. The highest BCUT2D eigenvalue weighted by molar-refractivity contribution is 6.35. The standard InChI is InChI=1S/C27H24N2O5/c1-15-5-9-22(17(3)11-15)28-24(30)14-34-27(33)19-7-8-20-21(13-19)26(32)29(25(20)31)23-10-6-16(2)12-18(23)4/h5-13H,14H2,1-4H3,(H,28,30). The van der Waals surface area contributed by atoms with Crippen molar-refractivity contribution in [3.8, 4) is 0 Å². The molecule has 0 bridgehead atoms. The van der Waals surface area contributed by atoms with E-state index in [1.807, 2.05) is 52.0 Å². The van der Waals surface area contributed by atoms with Crippen LogP contribution in [0.2, 0.25) is 0 Å². The van der Waals surface area contributed by atoms with E-state index in [4.69, 9.17) is 4.74 Å². The monoisotopic (exact) mass is 456 g/mol. The lowest BCUT2D eigenvalue weighted by Gasteiger charge is -2.16. The Labute approximate surface area is 197 Å². The van der Waals surface area contributed by atoms with E-state index in [-0.39, 0.29) is 16.7 Å². The van der Waals surface area contributed by atoms with E-state index in [1.165, 1.54) is 18.2 Å². The number of rotatable bonds is 5. The van der Waals surface area contributed by atoms with Crippen LogP contribution >= 0.6 is 0 Å². The van der Waals surface area contributed by atoms with Gasteiger partial charge in [0.2, 0.25) is 0 Å². The summed E-state index contributed by atoms with van der Waals surface area (Å²) in [6.07, 6.45) is 0. The SMILES string of the molecule is Cc1ccc(NC(=O)COC(=O)c2ccc3c(c2)C(=O)N(c2ccc(C)cc2C)C3=O)c(C)c1. The van der Waals surface area contributed by atoms with E-state index in [2.05, 4.69) is 5.32 Å². The Bertz CT molecular complexity index is 1360. The van der Waals surface area contributed by atoms with Gasteiger partial charge in [0.05, 0.1) is 22.4 Å². The average Bonchev–Trinajstić information content (AvgIpc) is 3.04. The molecule has 0 atom stereocenters. The van der Waals surface area contributed by atoms with Gasteiger partial charge in [0.25, 0.3) is 17.7 Å². The summed E-state index contributed by atoms with van der Waals surface area (Å²) in [5, 5.41) is 2.71. The first kappa shape index (κ1) is 22.9. The summed E-state index contributed by atoms with van der Waals surface area (Å²) in [5.41, 5.74) is 5.35. The lowest BCUT2D eigenvalue weighted by atomic mass is 10.1. The van der Waals surface area contributed by atoms with Crippen molar-refractivity contribution in [2.75, 3.05) is 16.8 Å². The molecule has 3 aromatic carbocycles. The number of amides is 3. The number of aryl methyl sites for hydroxylation is 4. The van der Waals surface area contributed by atoms with E-state index in [0.717, 1.165) is 27.2 Å². The largest absolute Gasteiger partial charge is 0.452 e. The van der Waals surface area contributed by atoms with Crippen molar-refractivity contribution in [1.82, 2.24) is 0 Å². The molecule has 0 aliphatic carbocycles. The molecule has 3 aromatic rings. The predicted molar refractivity (Wildman–Crippen MR) is 128 cm³/mol. The fourth-order valence-electron chi connectivity index (χ4n) is 4.00. The Balaban J connectivity index is 1.46. The number of benzene rings is 3. The van der Waals surface area contributed by atoms with Crippen LogP contribution in [0.5, 0.6) is 0 Å². The molecule has 1 aliphatic rings. The molecule has 172 valence electrons. The zero-order valence-corrected chi connectivity index (χ0v) is 19.4. The molecule has 0 radical (unpaired) electrons. The summed E-state index contributed by atoms with van der Waals surface area (Å²) in [4.78, 5) is 51.8. The molecule has 0 aromatic heterocycles. The lowest BCUT2D eigenvalue weighted by molar-refractivity contribution is -0.119. The number of imide groups is 1. The molecule has 1 aliphatic heterocycles.